The van der Waals surface area contributed by atoms with E-state index in [0.29, 0.717) is 0 Å². The average molecular weight is 328 g/mol. The minimum Gasteiger partial charge on any atom is -0.316 e. The quantitative estimate of drug-likeness (QED) is 0.875. The molecule has 2 heterocycles. The molecule has 2 rings (SSSR count). The van der Waals surface area contributed by atoms with E-state index in [9.17, 15) is 0 Å². The number of halogens is 1. The van der Waals surface area contributed by atoms with Crippen LogP contribution in [-0.4, -0.2) is 21.8 Å². The summed E-state index contributed by atoms with van der Waals surface area (Å²) < 4.78 is 3.02. The van der Waals surface area contributed by atoms with Gasteiger partial charge in [-0.1, -0.05) is 0 Å². The zero-order valence-electron chi connectivity index (χ0n) is 9.24. The van der Waals surface area contributed by atoms with Crippen molar-refractivity contribution in [3.8, 4) is 5.69 Å². The Hall–Kier alpha value is -0.950. The van der Waals surface area contributed by atoms with Crippen molar-refractivity contribution < 1.29 is 0 Å². The first-order chi connectivity index (χ1) is 7.70. The Balaban J connectivity index is 2.48. The Morgan fingerprint density at radius 2 is 2.25 bits per heavy atom. The topological polar surface area (TPSA) is 42.7 Å². The number of pyridine rings is 1. The summed E-state index contributed by atoms with van der Waals surface area (Å²) >= 11 is 2.25. The van der Waals surface area contributed by atoms with Crippen molar-refractivity contribution in [1.82, 2.24) is 20.1 Å². The molecule has 0 spiro atoms. The van der Waals surface area contributed by atoms with Gasteiger partial charge in [-0.25, -0.2) is 4.68 Å². The summed E-state index contributed by atoms with van der Waals surface area (Å²) in [4.78, 5) is 4.31. The third kappa shape index (κ3) is 2.41. The molecule has 0 aliphatic carbocycles. The predicted molar refractivity (Wildman–Crippen MR) is 71.6 cm³/mol. The van der Waals surface area contributed by atoms with E-state index in [2.05, 4.69) is 44.1 Å². The molecule has 84 valence electrons. The van der Waals surface area contributed by atoms with E-state index in [1.54, 1.807) is 0 Å². The lowest BCUT2D eigenvalue weighted by atomic mass is 10.2. The molecule has 2 aromatic heterocycles. The molecule has 0 saturated carbocycles. The molecule has 0 fully saturated rings. The van der Waals surface area contributed by atoms with Gasteiger partial charge in [-0.3, -0.25) is 4.98 Å². The van der Waals surface area contributed by atoms with Gasteiger partial charge in [-0.15, -0.1) is 0 Å². The van der Waals surface area contributed by atoms with Crippen molar-refractivity contribution in [2.75, 3.05) is 7.05 Å². The molecule has 0 aliphatic heterocycles. The van der Waals surface area contributed by atoms with Gasteiger partial charge in [0.25, 0.3) is 0 Å². The standard InChI is InChI=1S/C11H13IN4/c1-8-3-11(9(4-13-2)5-14-8)16-7-10(12)6-15-16/h3,5-7,13H,4H2,1-2H3. The molecule has 1 N–H and O–H groups in total. The minimum absolute atomic E-state index is 0.791. The lowest BCUT2D eigenvalue weighted by molar-refractivity contribution is 0.781. The van der Waals surface area contributed by atoms with Crippen molar-refractivity contribution in [1.29, 1.82) is 0 Å². The van der Waals surface area contributed by atoms with E-state index in [1.165, 1.54) is 0 Å². The van der Waals surface area contributed by atoms with Gasteiger partial charge in [0.05, 0.1) is 15.5 Å². The Morgan fingerprint density at radius 3 is 2.88 bits per heavy atom. The van der Waals surface area contributed by atoms with Crippen LogP contribution in [0.2, 0.25) is 0 Å². The number of hydrogen-bond acceptors (Lipinski definition) is 3. The fraction of sp³-hybridized carbons (Fsp3) is 0.273. The van der Waals surface area contributed by atoms with Crippen LogP contribution in [0.1, 0.15) is 11.3 Å². The molecule has 0 radical (unpaired) electrons. The van der Waals surface area contributed by atoms with Gasteiger partial charge in [0, 0.05) is 30.2 Å². The largest absolute Gasteiger partial charge is 0.316 e. The average Bonchev–Trinajstić information content (AvgIpc) is 2.68. The number of nitrogens with one attached hydrogen (secondary N) is 1. The highest BCUT2D eigenvalue weighted by Gasteiger charge is 2.06. The zero-order chi connectivity index (χ0) is 11.5. The highest BCUT2D eigenvalue weighted by molar-refractivity contribution is 14.1. The maximum absolute atomic E-state index is 4.32. The zero-order valence-corrected chi connectivity index (χ0v) is 11.4. The van der Waals surface area contributed by atoms with Gasteiger partial charge in [0.15, 0.2) is 0 Å². The Bertz CT molecular complexity index is 492. The fourth-order valence-corrected chi connectivity index (χ4v) is 1.93. The lowest BCUT2D eigenvalue weighted by Gasteiger charge is -2.09. The Kier molecular flexibility index (Phi) is 3.55. The first-order valence-corrected chi connectivity index (χ1v) is 6.09. The van der Waals surface area contributed by atoms with E-state index in [-0.39, 0.29) is 0 Å². The summed E-state index contributed by atoms with van der Waals surface area (Å²) in [5.41, 5.74) is 3.23. The number of hydrogen-bond donors (Lipinski definition) is 1. The number of aromatic nitrogens is 3. The molecule has 0 atom stereocenters. The fourth-order valence-electron chi connectivity index (χ4n) is 1.55. The SMILES string of the molecule is CNCc1cnc(C)cc1-n1cc(I)cn1. The van der Waals surface area contributed by atoms with Gasteiger partial charge in [-0.2, -0.15) is 5.10 Å². The first kappa shape index (κ1) is 11.5. The molecule has 0 amide bonds. The van der Waals surface area contributed by atoms with Crippen LogP contribution < -0.4 is 5.32 Å². The molecule has 0 aromatic carbocycles. The van der Waals surface area contributed by atoms with Gasteiger partial charge in [0.2, 0.25) is 0 Å². The van der Waals surface area contributed by atoms with Gasteiger partial charge in [0.1, 0.15) is 0 Å². The highest BCUT2D eigenvalue weighted by atomic mass is 127. The summed E-state index contributed by atoms with van der Waals surface area (Å²) in [5, 5.41) is 7.46. The van der Waals surface area contributed by atoms with Crippen molar-refractivity contribution in [3.05, 3.63) is 39.5 Å². The Labute approximate surface area is 108 Å². The van der Waals surface area contributed by atoms with Gasteiger partial charge in [-0.05, 0) is 42.6 Å². The van der Waals surface area contributed by atoms with Crippen LogP contribution in [0, 0.1) is 10.5 Å². The lowest BCUT2D eigenvalue weighted by Crippen LogP contribution is -2.10. The van der Waals surface area contributed by atoms with Crippen LogP contribution in [-0.2, 0) is 6.54 Å². The molecule has 2 aromatic rings. The normalized spacial score (nSPS) is 10.7. The molecule has 0 unspecified atom stereocenters. The van der Waals surface area contributed by atoms with Crippen molar-refractivity contribution in [2.45, 2.75) is 13.5 Å². The smallest absolute Gasteiger partial charge is 0.0724 e. The second kappa shape index (κ2) is 4.92. The maximum Gasteiger partial charge on any atom is 0.0724 e. The molecular formula is C11H13IN4. The minimum atomic E-state index is 0.791. The van der Waals surface area contributed by atoms with E-state index in [0.717, 1.165) is 27.1 Å². The molecule has 0 aliphatic rings. The molecular weight excluding hydrogens is 315 g/mol. The van der Waals surface area contributed by atoms with Crippen LogP contribution in [0.25, 0.3) is 5.69 Å². The summed E-state index contributed by atoms with van der Waals surface area (Å²) in [6, 6.07) is 2.05. The van der Waals surface area contributed by atoms with Gasteiger partial charge < -0.3 is 5.32 Å². The first-order valence-electron chi connectivity index (χ1n) is 5.01. The second-order valence-corrected chi connectivity index (χ2v) is 4.83. The summed E-state index contributed by atoms with van der Waals surface area (Å²) in [5.74, 6) is 0. The van der Waals surface area contributed by atoms with Gasteiger partial charge >= 0.3 is 0 Å². The van der Waals surface area contributed by atoms with Crippen LogP contribution >= 0.6 is 22.6 Å². The number of aryl methyl sites for hydroxylation is 1. The monoisotopic (exact) mass is 328 g/mol. The number of nitrogens with zero attached hydrogens (tertiary/aromatic N) is 3. The van der Waals surface area contributed by atoms with Crippen molar-refractivity contribution in [2.24, 2.45) is 0 Å². The van der Waals surface area contributed by atoms with Crippen LogP contribution in [0.15, 0.2) is 24.7 Å². The highest BCUT2D eigenvalue weighted by Crippen LogP contribution is 2.15. The van der Waals surface area contributed by atoms with E-state index in [4.69, 9.17) is 0 Å². The van der Waals surface area contributed by atoms with E-state index >= 15 is 0 Å². The maximum atomic E-state index is 4.32. The van der Waals surface area contributed by atoms with Crippen molar-refractivity contribution >= 4 is 22.6 Å². The second-order valence-electron chi connectivity index (χ2n) is 3.59. The molecule has 4 nitrogen and oxygen atoms in total. The molecule has 0 bridgehead atoms. The van der Waals surface area contributed by atoms with Crippen molar-refractivity contribution in [3.63, 3.8) is 0 Å². The van der Waals surface area contributed by atoms with Crippen LogP contribution in [0.4, 0.5) is 0 Å². The summed E-state index contributed by atoms with van der Waals surface area (Å²) in [6.07, 6.45) is 5.75. The van der Waals surface area contributed by atoms with Crippen LogP contribution in [0.5, 0.6) is 0 Å². The third-order valence-electron chi connectivity index (χ3n) is 2.26. The summed E-state index contributed by atoms with van der Waals surface area (Å²) in [7, 11) is 1.93. The van der Waals surface area contributed by atoms with Crippen LogP contribution in [0.3, 0.4) is 0 Å². The number of rotatable bonds is 3. The molecule has 0 saturated heterocycles. The predicted octanol–water partition coefficient (Wildman–Crippen LogP) is 1.90. The third-order valence-corrected chi connectivity index (χ3v) is 2.82. The van der Waals surface area contributed by atoms with E-state index < -0.39 is 0 Å². The Morgan fingerprint density at radius 1 is 1.44 bits per heavy atom. The molecule has 16 heavy (non-hydrogen) atoms. The summed E-state index contributed by atoms with van der Waals surface area (Å²) in [6.45, 7) is 2.78. The molecule has 5 heteroatoms. The van der Waals surface area contributed by atoms with E-state index in [1.807, 2.05) is 37.2 Å².